The number of hydrogen-bond donors (Lipinski definition) is 0. The van der Waals surface area contributed by atoms with Crippen molar-refractivity contribution >= 4 is 11.8 Å². The molecule has 0 N–H and O–H groups in total. The van der Waals surface area contributed by atoms with Crippen LogP contribution in [0.25, 0.3) is 11.3 Å². The molecule has 0 saturated carbocycles. The molecular weight excluding hydrogens is 442 g/mol. The molecule has 2 aromatic carbocycles. The number of ether oxygens (including phenoxy) is 1. The van der Waals surface area contributed by atoms with E-state index in [0.29, 0.717) is 63.5 Å². The lowest BCUT2D eigenvalue weighted by Crippen LogP contribution is -2.37. The predicted octanol–water partition coefficient (Wildman–Crippen LogP) is 4.28. The van der Waals surface area contributed by atoms with Gasteiger partial charge in [-0.15, -0.1) is 0 Å². The lowest BCUT2D eigenvalue weighted by molar-refractivity contribution is -0.133. The van der Waals surface area contributed by atoms with Gasteiger partial charge >= 0.3 is 0 Å². The van der Waals surface area contributed by atoms with Crippen molar-refractivity contribution in [2.75, 3.05) is 33.3 Å². The number of aryl methyl sites for hydroxylation is 3. The van der Waals surface area contributed by atoms with E-state index in [1.54, 1.807) is 13.3 Å². The highest BCUT2D eigenvalue weighted by molar-refractivity contribution is 5.78. The molecule has 2 amide bonds. The van der Waals surface area contributed by atoms with E-state index in [1.807, 2.05) is 65.3 Å². The summed E-state index contributed by atoms with van der Waals surface area (Å²) in [6.07, 6.45) is 4.48. The van der Waals surface area contributed by atoms with E-state index in [2.05, 4.69) is 4.98 Å². The molecule has 0 aliphatic carbocycles. The van der Waals surface area contributed by atoms with Gasteiger partial charge in [-0.25, -0.2) is 4.98 Å². The Kier molecular flexibility index (Phi) is 8.19. The average Bonchev–Trinajstić information content (AvgIpc) is 3.22. The van der Waals surface area contributed by atoms with Gasteiger partial charge in [-0.1, -0.05) is 42.0 Å². The highest BCUT2D eigenvalue weighted by Crippen LogP contribution is 2.21. The topological polar surface area (TPSA) is 75.9 Å². The molecule has 1 saturated heterocycles. The number of amides is 2. The maximum atomic E-state index is 12.8. The van der Waals surface area contributed by atoms with Gasteiger partial charge in [0.05, 0.1) is 13.3 Å². The van der Waals surface area contributed by atoms with Gasteiger partial charge < -0.3 is 19.0 Å². The second-order valence-electron chi connectivity index (χ2n) is 8.95. The Balaban J connectivity index is 1.22. The Bertz CT molecular complexity index is 1120. The van der Waals surface area contributed by atoms with Crippen LogP contribution in [0.1, 0.15) is 36.3 Å². The molecule has 7 heteroatoms. The van der Waals surface area contributed by atoms with Gasteiger partial charge in [0.15, 0.2) is 11.7 Å². The van der Waals surface area contributed by atoms with Gasteiger partial charge in [0.25, 0.3) is 0 Å². The second-order valence-corrected chi connectivity index (χ2v) is 8.95. The zero-order chi connectivity index (χ0) is 24.6. The molecule has 1 aromatic heterocycles. The molecule has 1 aliphatic rings. The van der Waals surface area contributed by atoms with Crippen LogP contribution in [0.2, 0.25) is 0 Å². The summed E-state index contributed by atoms with van der Waals surface area (Å²) in [4.78, 5) is 33.7. The van der Waals surface area contributed by atoms with Crippen molar-refractivity contribution in [3.63, 3.8) is 0 Å². The van der Waals surface area contributed by atoms with Gasteiger partial charge in [0.1, 0.15) is 5.75 Å². The van der Waals surface area contributed by atoms with Gasteiger partial charge in [0, 0.05) is 51.0 Å². The third-order valence-corrected chi connectivity index (χ3v) is 6.43. The summed E-state index contributed by atoms with van der Waals surface area (Å²) in [6, 6.07) is 15.9. The lowest BCUT2D eigenvalue weighted by Gasteiger charge is -2.22. The quantitative estimate of drug-likeness (QED) is 0.486. The summed E-state index contributed by atoms with van der Waals surface area (Å²) in [5.74, 6) is 2.31. The standard InChI is InChI=1S/C28H33N3O4/c1-21-4-9-23(10-5-21)25-20-29-26(35-25)13-15-28(33)31-17-3-16-30(18-19-31)27(32)14-8-22-6-11-24(34-2)12-7-22/h4-7,9-12,20H,3,8,13-19H2,1-2H3. The zero-order valence-electron chi connectivity index (χ0n) is 20.5. The van der Waals surface area contributed by atoms with Crippen LogP contribution in [0.15, 0.2) is 59.1 Å². The van der Waals surface area contributed by atoms with E-state index < -0.39 is 0 Å². The van der Waals surface area contributed by atoms with Crippen molar-refractivity contribution in [2.24, 2.45) is 0 Å². The maximum Gasteiger partial charge on any atom is 0.223 e. The minimum absolute atomic E-state index is 0.0765. The third kappa shape index (κ3) is 6.72. The highest BCUT2D eigenvalue weighted by atomic mass is 16.5. The van der Waals surface area contributed by atoms with Crippen molar-refractivity contribution in [2.45, 2.75) is 39.0 Å². The Hall–Kier alpha value is -3.61. The van der Waals surface area contributed by atoms with Crippen LogP contribution in [-0.2, 0) is 22.4 Å². The fourth-order valence-electron chi connectivity index (χ4n) is 4.27. The monoisotopic (exact) mass is 475 g/mol. The third-order valence-electron chi connectivity index (χ3n) is 6.43. The number of nitrogens with zero attached hydrogens (tertiary/aromatic N) is 3. The van der Waals surface area contributed by atoms with Crippen LogP contribution in [0.5, 0.6) is 5.75 Å². The first kappa shape index (κ1) is 24.5. The first-order valence-corrected chi connectivity index (χ1v) is 12.2. The van der Waals surface area contributed by atoms with Gasteiger partial charge in [-0.2, -0.15) is 0 Å². The fraction of sp³-hybridized carbons (Fsp3) is 0.393. The summed E-state index contributed by atoms with van der Waals surface area (Å²) in [7, 11) is 1.64. The Morgan fingerprint density at radius 2 is 1.51 bits per heavy atom. The normalized spacial score (nSPS) is 14.0. The van der Waals surface area contributed by atoms with Gasteiger partial charge in [0.2, 0.25) is 11.8 Å². The summed E-state index contributed by atoms with van der Waals surface area (Å²) in [5, 5.41) is 0. The zero-order valence-corrected chi connectivity index (χ0v) is 20.5. The van der Waals surface area contributed by atoms with Crippen LogP contribution < -0.4 is 4.74 Å². The first-order chi connectivity index (χ1) is 17.0. The summed E-state index contributed by atoms with van der Waals surface area (Å²) < 4.78 is 11.0. The number of hydrogen-bond acceptors (Lipinski definition) is 5. The number of carbonyl (C=O) groups excluding carboxylic acids is 2. The molecular formula is C28H33N3O4. The maximum absolute atomic E-state index is 12.8. The van der Waals surface area contributed by atoms with Crippen LogP contribution in [0, 0.1) is 6.92 Å². The van der Waals surface area contributed by atoms with Crippen molar-refractivity contribution in [3.8, 4) is 17.1 Å². The molecule has 184 valence electrons. The predicted molar refractivity (Wildman–Crippen MR) is 134 cm³/mol. The van der Waals surface area contributed by atoms with Crippen LogP contribution >= 0.6 is 0 Å². The lowest BCUT2D eigenvalue weighted by atomic mass is 10.1. The second kappa shape index (κ2) is 11.7. The molecule has 4 rings (SSSR count). The van der Waals surface area contributed by atoms with Crippen molar-refractivity contribution in [1.29, 1.82) is 0 Å². The fourth-order valence-corrected chi connectivity index (χ4v) is 4.27. The molecule has 0 unspecified atom stereocenters. The number of benzene rings is 2. The van der Waals surface area contributed by atoms with Crippen molar-refractivity contribution < 1.29 is 18.7 Å². The Morgan fingerprint density at radius 3 is 2.14 bits per heavy atom. The van der Waals surface area contributed by atoms with E-state index >= 15 is 0 Å². The number of rotatable bonds is 8. The number of carbonyl (C=O) groups is 2. The molecule has 0 spiro atoms. The SMILES string of the molecule is COc1ccc(CCC(=O)N2CCCN(C(=O)CCc3ncc(-c4ccc(C)cc4)o3)CC2)cc1. The minimum atomic E-state index is 0.0765. The first-order valence-electron chi connectivity index (χ1n) is 12.2. The van der Waals surface area contributed by atoms with E-state index in [9.17, 15) is 9.59 Å². The van der Waals surface area contributed by atoms with E-state index in [0.717, 1.165) is 23.3 Å². The molecule has 0 radical (unpaired) electrons. The summed E-state index contributed by atoms with van der Waals surface area (Å²) in [5.41, 5.74) is 3.28. The van der Waals surface area contributed by atoms with Crippen LogP contribution in [0.3, 0.4) is 0 Å². The average molecular weight is 476 g/mol. The molecule has 7 nitrogen and oxygen atoms in total. The number of oxazole rings is 1. The molecule has 3 aromatic rings. The molecule has 2 heterocycles. The van der Waals surface area contributed by atoms with Crippen LogP contribution in [0.4, 0.5) is 0 Å². The number of aromatic nitrogens is 1. The van der Waals surface area contributed by atoms with Crippen molar-refractivity contribution in [1.82, 2.24) is 14.8 Å². The van der Waals surface area contributed by atoms with E-state index in [1.165, 1.54) is 5.56 Å². The summed E-state index contributed by atoms with van der Waals surface area (Å²) >= 11 is 0. The molecule has 0 bridgehead atoms. The van der Waals surface area contributed by atoms with Gasteiger partial charge in [-0.3, -0.25) is 9.59 Å². The summed E-state index contributed by atoms with van der Waals surface area (Å²) in [6.45, 7) is 4.53. The largest absolute Gasteiger partial charge is 0.497 e. The number of methoxy groups -OCH3 is 1. The molecule has 1 fully saturated rings. The van der Waals surface area contributed by atoms with Crippen LogP contribution in [-0.4, -0.2) is 59.9 Å². The Morgan fingerprint density at radius 1 is 0.886 bits per heavy atom. The van der Waals surface area contributed by atoms with E-state index in [-0.39, 0.29) is 11.8 Å². The molecule has 35 heavy (non-hydrogen) atoms. The van der Waals surface area contributed by atoms with Crippen molar-refractivity contribution in [3.05, 3.63) is 71.7 Å². The molecule has 1 aliphatic heterocycles. The minimum Gasteiger partial charge on any atom is -0.497 e. The highest BCUT2D eigenvalue weighted by Gasteiger charge is 2.22. The smallest absolute Gasteiger partial charge is 0.223 e. The molecule has 0 atom stereocenters. The van der Waals surface area contributed by atoms with Gasteiger partial charge in [-0.05, 0) is 37.5 Å². The van der Waals surface area contributed by atoms with E-state index in [4.69, 9.17) is 9.15 Å². The Labute approximate surface area is 206 Å².